The summed E-state index contributed by atoms with van der Waals surface area (Å²) in [6, 6.07) is 20.8. The smallest absolute Gasteiger partial charge is 0.0372 e. The largest absolute Gasteiger partial charge is 0.262 e. The summed E-state index contributed by atoms with van der Waals surface area (Å²) in [6.45, 7) is 4.09. The Balaban J connectivity index is 0.000000149. The Labute approximate surface area is 108 Å². The maximum absolute atomic E-state index is 3.98. The average Bonchev–Trinajstić information content (AvgIpc) is 2.40. The van der Waals surface area contributed by atoms with E-state index in [1.54, 1.807) is 6.20 Å². The van der Waals surface area contributed by atoms with Crippen LogP contribution < -0.4 is 0 Å². The van der Waals surface area contributed by atoms with Gasteiger partial charge in [0.1, 0.15) is 0 Å². The van der Waals surface area contributed by atoms with Gasteiger partial charge in [0.2, 0.25) is 0 Å². The molecule has 1 nitrogen and oxygen atoms in total. The topological polar surface area (TPSA) is 12.9 Å². The third kappa shape index (κ3) is 3.42. The maximum atomic E-state index is 3.98. The summed E-state index contributed by atoms with van der Waals surface area (Å²) in [5.74, 6) is 0. The van der Waals surface area contributed by atoms with Crippen molar-refractivity contribution in [1.29, 1.82) is 0 Å². The molecule has 0 spiro atoms. The minimum absolute atomic E-state index is 1.07. The Morgan fingerprint density at radius 2 is 1.44 bits per heavy atom. The van der Waals surface area contributed by atoms with Crippen molar-refractivity contribution in [3.8, 4) is 0 Å². The number of rotatable bonds is 0. The molecular weight excluding hydrogens is 218 g/mol. The molecule has 0 fully saturated rings. The lowest BCUT2D eigenvalue weighted by Gasteiger charge is -1.96. The molecule has 1 heteroatoms. The van der Waals surface area contributed by atoms with E-state index in [9.17, 15) is 0 Å². The predicted octanol–water partition coefficient (Wildman–Crippen LogP) is 4.54. The molecule has 90 valence electrons. The molecule has 0 amide bonds. The van der Waals surface area contributed by atoms with E-state index in [2.05, 4.69) is 54.4 Å². The van der Waals surface area contributed by atoms with E-state index in [4.69, 9.17) is 0 Å². The van der Waals surface area contributed by atoms with Crippen molar-refractivity contribution in [3.05, 3.63) is 78.1 Å². The molecule has 0 saturated heterocycles. The van der Waals surface area contributed by atoms with E-state index >= 15 is 0 Å². The van der Waals surface area contributed by atoms with E-state index in [0.717, 1.165) is 5.69 Å². The Morgan fingerprint density at radius 1 is 0.722 bits per heavy atom. The molecule has 0 aliphatic rings. The van der Waals surface area contributed by atoms with Crippen LogP contribution in [0.15, 0.2) is 66.9 Å². The maximum Gasteiger partial charge on any atom is 0.0372 e. The SMILES string of the molecule is Cc1ccc2ccccc2c1.Cc1ccccn1. The first-order chi connectivity index (χ1) is 8.75. The van der Waals surface area contributed by atoms with E-state index < -0.39 is 0 Å². The molecule has 1 aromatic heterocycles. The number of fused-ring (bicyclic) bond motifs is 1. The zero-order valence-electron chi connectivity index (χ0n) is 10.8. The van der Waals surface area contributed by atoms with E-state index in [-0.39, 0.29) is 0 Å². The molecule has 0 aliphatic heterocycles. The number of benzene rings is 2. The van der Waals surface area contributed by atoms with Crippen molar-refractivity contribution in [2.75, 3.05) is 0 Å². The van der Waals surface area contributed by atoms with Crippen LogP contribution in [0.2, 0.25) is 0 Å². The van der Waals surface area contributed by atoms with Crippen LogP contribution in [0.5, 0.6) is 0 Å². The molecule has 1 heterocycles. The van der Waals surface area contributed by atoms with Gasteiger partial charge in [-0.15, -0.1) is 0 Å². The minimum Gasteiger partial charge on any atom is -0.262 e. The molecule has 0 N–H and O–H groups in total. The van der Waals surface area contributed by atoms with Gasteiger partial charge < -0.3 is 0 Å². The van der Waals surface area contributed by atoms with Crippen LogP contribution in [0.25, 0.3) is 10.8 Å². The van der Waals surface area contributed by atoms with Crippen LogP contribution in [0, 0.1) is 13.8 Å². The van der Waals surface area contributed by atoms with Crippen LogP contribution in [0.1, 0.15) is 11.3 Å². The monoisotopic (exact) mass is 235 g/mol. The number of aromatic nitrogens is 1. The highest BCUT2D eigenvalue weighted by Gasteiger charge is 1.89. The van der Waals surface area contributed by atoms with Gasteiger partial charge in [0.15, 0.2) is 0 Å². The summed E-state index contributed by atoms with van der Waals surface area (Å²) < 4.78 is 0. The van der Waals surface area contributed by atoms with Crippen molar-refractivity contribution in [3.63, 3.8) is 0 Å². The first-order valence-electron chi connectivity index (χ1n) is 6.09. The lowest BCUT2D eigenvalue weighted by Crippen LogP contribution is -1.73. The third-order valence-corrected chi connectivity index (χ3v) is 2.72. The second-order valence-electron chi connectivity index (χ2n) is 4.32. The summed E-state index contributed by atoms with van der Waals surface area (Å²) in [5, 5.41) is 2.64. The molecule has 18 heavy (non-hydrogen) atoms. The van der Waals surface area contributed by atoms with Crippen LogP contribution >= 0.6 is 0 Å². The molecule has 0 saturated carbocycles. The third-order valence-electron chi connectivity index (χ3n) is 2.72. The average molecular weight is 235 g/mol. The van der Waals surface area contributed by atoms with Crippen molar-refractivity contribution < 1.29 is 0 Å². The van der Waals surface area contributed by atoms with Gasteiger partial charge in [0.05, 0.1) is 0 Å². The van der Waals surface area contributed by atoms with Gasteiger partial charge in [-0.05, 0) is 36.8 Å². The highest BCUT2D eigenvalue weighted by Crippen LogP contribution is 2.14. The van der Waals surface area contributed by atoms with Crippen LogP contribution in [-0.2, 0) is 0 Å². The van der Waals surface area contributed by atoms with E-state index in [1.807, 2.05) is 25.1 Å². The zero-order valence-corrected chi connectivity index (χ0v) is 10.8. The van der Waals surface area contributed by atoms with Crippen LogP contribution in [0.3, 0.4) is 0 Å². The second kappa shape index (κ2) is 5.97. The molecule has 3 rings (SSSR count). The first-order valence-corrected chi connectivity index (χ1v) is 6.09. The second-order valence-corrected chi connectivity index (χ2v) is 4.32. The van der Waals surface area contributed by atoms with Crippen molar-refractivity contribution in [1.82, 2.24) is 4.98 Å². The van der Waals surface area contributed by atoms with Crippen molar-refractivity contribution in [2.24, 2.45) is 0 Å². The Morgan fingerprint density at radius 3 is 2.06 bits per heavy atom. The normalized spacial score (nSPS) is 9.67. The molecule has 0 radical (unpaired) electrons. The lowest BCUT2D eigenvalue weighted by atomic mass is 10.1. The van der Waals surface area contributed by atoms with Gasteiger partial charge in [-0.25, -0.2) is 0 Å². The summed E-state index contributed by atoms with van der Waals surface area (Å²) in [7, 11) is 0. The van der Waals surface area contributed by atoms with Crippen LogP contribution in [-0.4, -0.2) is 4.98 Å². The molecule has 0 bridgehead atoms. The summed E-state index contributed by atoms with van der Waals surface area (Å²) in [4.78, 5) is 3.98. The Kier molecular flexibility index (Phi) is 4.08. The van der Waals surface area contributed by atoms with Crippen LogP contribution in [0.4, 0.5) is 0 Å². The highest BCUT2D eigenvalue weighted by molar-refractivity contribution is 5.82. The molecule has 2 aromatic carbocycles. The predicted molar refractivity (Wildman–Crippen MR) is 77.7 cm³/mol. The number of nitrogens with zero attached hydrogens (tertiary/aromatic N) is 1. The Bertz CT molecular complexity index is 615. The number of hydrogen-bond donors (Lipinski definition) is 0. The molecular formula is C17H17N. The number of hydrogen-bond acceptors (Lipinski definition) is 1. The molecule has 0 aliphatic carbocycles. The van der Waals surface area contributed by atoms with Crippen molar-refractivity contribution in [2.45, 2.75) is 13.8 Å². The lowest BCUT2D eigenvalue weighted by molar-refractivity contribution is 1.20. The summed E-state index contributed by atoms with van der Waals surface area (Å²) in [6.07, 6.45) is 1.79. The van der Waals surface area contributed by atoms with Gasteiger partial charge in [-0.3, -0.25) is 4.98 Å². The van der Waals surface area contributed by atoms with Gasteiger partial charge in [0.25, 0.3) is 0 Å². The number of aryl methyl sites for hydroxylation is 2. The van der Waals surface area contributed by atoms with Gasteiger partial charge in [0, 0.05) is 11.9 Å². The van der Waals surface area contributed by atoms with E-state index in [0.29, 0.717) is 0 Å². The molecule has 0 atom stereocenters. The zero-order chi connectivity index (χ0) is 12.8. The molecule has 3 aromatic rings. The fraction of sp³-hybridized carbons (Fsp3) is 0.118. The van der Waals surface area contributed by atoms with Gasteiger partial charge in [-0.2, -0.15) is 0 Å². The first kappa shape index (κ1) is 12.3. The fourth-order valence-corrected chi connectivity index (χ4v) is 1.76. The standard InChI is InChI=1S/C11H10.C6H7N/c1-9-6-7-10-4-2-3-5-11(10)8-9;1-6-4-2-3-5-7-6/h2-8H,1H3;2-5H,1H3. The quantitative estimate of drug-likeness (QED) is 0.557. The fourth-order valence-electron chi connectivity index (χ4n) is 1.76. The number of pyridine rings is 1. The Hall–Kier alpha value is -2.15. The minimum atomic E-state index is 1.07. The summed E-state index contributed by atoms with van der Waals surface area (Å²) >= 11 is 0. The van der Waals surface area contributed by atoms with E-state index in [1.165, 1.54) is 16.3 Å². The van der Waals surface area contributed by atoms with Gasteiger partial charge >= 0.3 is 0 Å². The van der Waals surface area contributed by atoms with Crippen molar-refractivity contribution >= 4 is 10.8 Å². The summed E-state index contributed by atoms with van der Waals surface area (Å²) in [5.41, 5.74) is 2.39. The highest BCUT2D eigenvalue weighted by atomic mass is 14.6. The van der Waals surface area contributed by atoms with Gasteiger partial charge in [-0.1, -0.05) is 54.1 Å². The molecule has 0 unspecified atom stereocenters.